The molecule has 4 aromatic rings. The SMILES string of the molecule is Cc1cc2c(cc1Cc1ccccc1)-c1ccc(CC(C)C(C)Cc3ccccc3)[c-]c1C2.[Cl-].[Cl-].[Zr+3]. The zero-order valence-corrected chi connectivity index (χ0v) is 25.3. The van der Waals surface area contributed by atoms with Gasteiger partial charge in [0.1, 0.15) is 0 Å². The predicted octanol–water partition coefficient (Wildman–Crippen LogP) is 2.02. The van der Waals surface area contributed by atoms with E-state index in [0.29, 0.717) is 11.8 Å². The first-order valence-corrected chi connectivity index (χ1v) is 12.3. The van der Waals surface area contributed by atoms with Crippen molar-refractivity contribution >= 4 is 0 Å². The van der Waals surface area contributed by atoms with Crippen molar-refractivity contribution in [3.63, 3.8) is 0 Å². The smallest absolute Gasteiger partial charge is 1.00 e. The molecule has 2 atom stereocenters. The zero-order valence-electron chi connectivity index (χ0n) is 21.3. The second-order valence-corrected chi connectivity index (χ2v) is 10.00. The van der Waals surface area contributed by atoms with Gasteiger partial charge >= 0.3 is 26.2 Å². The van der Waals surface area contributed by atoms with Crippen LogP contribution in [0.15, 0.2) is 84.9 Å². The van der Waals surface area contributed by atoms with Crippen molar-refractivity contribution in [3.05, 3.63) is 130 Å². The van der Waals surface area contributed by atoms with E-state index in [2.05, 4.69) is 112 Å². The number of hydrogen-bond acceptors (Lipinski definition) is 0. The first-order valence-electron chi connectivity index (χ1n) is 12.3. The summed E-state index contributed by atoms with van der Waals surface area (Å²) in [4.78, 5) is 0. The van der Waals surface area contributed by atoms with Gasteiger partial charge in [-0.1, -0.05) is 92.2 Å². The number of aryl methyl sites for hydroxylation is 1. The molecule has 0 saturated carbocycles. The summed E-state index contributed by atoms with van der Waals surface area (Å²) < 4.78 is 0. The van der Waals surface area contributed by atoms with Crippen molar-refractivity contribution in [1.29, 1.82) is 0 Å². The van der Waals surface area contributed by atoms with Crippen LogP contribution in [0.25, 0.3) is 11.1 Å². The predicted molar refractivity (Wildman–Crippen MR) is 140 cm³/mol. The van der Waals surface area contributed by atoms with E-state index in [-0.39, 0.29) is 51.0 Å². The van der Waals surface area contributed by atoms with Crippen LogP contribution in [-0.2, 0) is 51.9 Å². The Kier molecular flexibility index (Phi) is 11.7. The molecule has 0 bridgehead atoms. The van der Waals surface area contributed by atoms with E-state index >= 15 is 0 Å². The maximum atomic E-state index is 3.81. The summed E-state index contributed by atoms with van der Waals surface area (Å²) in [5, 5.41) is 0. The van der Waals surface area contributed by atoms with E-state index in [1.165, 1.54) is 50.1 Å². The Morgan fingerprint density at radius 3 is 2.00 bits per heavy atom. The fraction of sp³-hybridized carbons (Fsp3) is 0.273. The molecule has 183 valence electrons. The van der Waals surface area contributed by atoms with Gasteiger partial charge in [0, 0.05) is 0 Å². The monoisotopic (exact) mass is 589 g/mol. The third kappa shape index (κ3) is 7.01. The van der Waals surface area contributed by atoms with Crippen LogP contribution in [-0.4, -0.2) is 0 Å². The van der Waals surface area contributed by atoms with Gasteiger partial charge in [-0.2, -0.15) is 23.8 Å². The van der Waals surface area contributed by atoms with Gasteiger partial charge in [-0.15, -0.1) is 11.1 Å². The normalized spacial score (nSPS) is 12.8. The minimum atomic E-state index is 0. The number of halogens is 2. The van der Waals surface area contributed by atoms with Crippen LogP contribution in [0.5, 0.6) is 0 Å². The molecule has 36 heavy (non-hydrogen) atoms. The average molecular weight is 592 g/mol. The molecule has 5 rings (SSSR count). The maximum Gasteiger partial charge on any atom is 3.00 e. The van der Waals surface area contributed by atoms with Gasteiger partial charge < -0.3 is 24.8 Å². The summed E-state index contributed by atoms with van der Waals surface area (Å²) in [6.07, 6.45) is 4.24. The van der Waals surface area contributed by atoms with E-state index < -0.39 is 0 Å². The first kappa shape index (κ1) is 30.6. The van der Waals surface area contributed by atoms with Crippen LogP contribution in [0.1, 0.15) is 52.8 Å². The molecular formula is C33H33Cl2Zr. The van der Waals surface area contributed by atoms with Crippen LogP contribution in [0.3, 0.4) is 0 Å². The average Bonchev–Trinajstić information content (AvgIpc) is 3.17. The van der Waals surface area contributed by atoms with Gasteiger partial charge in [0.15, 0.2) is 0 Å². The quantitative estimate of drug-likeness (QED) is 0.254. The molecule has 3 heteroatoms. The Bertz CT molecular complexity index is 1250. The van der Waals surface area contributed by atoms with Gasteiger partial charge in [0.05, 0.1) is 0 Å². The summed E-state index contributed by atoms with van der Waals surface area (Å²) in [7, 11) is 0. The second kappa shape index (κ2) is 13.8. The molecule has 0 heterocycles. The molecule has 1 radical (unpaired) electrons. The minimum absolute atomic E-state index is 0. The van der Waals surface area contributed by atoms with Gasteiger partial charge in [-0.3, -0.25) is 0 Å². The molecule has 0 N–H and O–H groups in total. The zero-order chi connectivity index (χ0) is 22.8. The van der Waals surface area contributed by atoms with Crippen LogP contribution in [0.4, 0.5) is 0 Å². The van der Waals surface area contributed by atoms with Crippen LogP contribution in [0.2, 0.25) is 0 Å². The summed E-state index contributed by atoms with van der Waals surface area (Å²) in [6.45, 7) is 7.03. The molecule has 1 aliphatic rings. The van der Waals surface area contributed by atoms with Gasteiger partial charge in [0.25, 0.3) is 0 Å². The standard InChI is InChI=1S/C33H33.2ClH.Zr/c1-23(16-26-10-6-4-7-11-26)24(2)17-28-14-15-32-31(20-28)21-30-18-25(3)29(22-33(30)32)19-27-12-8-5-9-13-27;;;/h4-15,18,22-24H,16-17,19,21H2,1-3H3;2*1H;/q-1;;;+3/p-2. The third-order valence-corrected chi connectivity index (χ3v) is 7.46. The molecule has 1 aliphatic carbocycles. The summed E-state index contributed by atoms with van der Waals surface area (Å²) in [5.41, 5.74) is 12.6. The molecule has 0 aliphatic heterocycles. The Morgan fingerprint density at radius 2 is 1.33 bits per heavy atom. The third-order valence-electron chi connectivity index (χ3n) is 7.46. The molecule has 0 nitrogen and oxygen atoms in total. The molecule has 0 saturated heterocycles. The van der Waals surface area contributed by atoms with E-state index in [4.69, 9.17) is 0 Å². The molecule has 0 fully saturated rings. The summed E-state index contributed by atoms with van der Waals surface area (Å²) in [5.74, 6) is 1.28. The largest absolute Gasteiger partial charge is 3.00 e. The molecule has 0 spiro atoms. The van der Waals surface area contributed by atoms with Crippen molar-refractivity contribution < 1.29 is 51.0 Å². The number of rotatable bonds is 7. The first-order chi connectivity index (χ1) is 16.1. The van der Waals surface area contributed by atoms with Crippen LogP contribution < -0.4 is 24.8 Å². The van der Waals surface area contributed by atoms with Gasteiger partial charge in [-0.25, -0.2) is 0 Å². The Hall–Kier alpha value is -1.66. The van der Waals surface area contributed by atoms with E-state index in [1.807, 2.05) is 0 Å². The number of hydrogen-bond donors (Lipinski definition) is 0. The van der Waals surface area contributed by atoms with E-state index in [1.54, 1.807) is 0 Å². The fourth-order valence-electron chi connectivity index (χ4n) is 5.24. The van der Waals surface area contributed by atoms with Crippen molar-refractivity contribution in [3.8, 4) is 11.1 Å². The van der Waals surface area contributed by atoms with Crippen LogP contribution >= 0.6 is 0 Å². The van der Waals surface area contributed by atoms with Crippen molar-refractivity contribution in [1.82, 2.24) is 0 Å². The Balaban J connectivity index is 0.00000152. The van der Waals surface area contributed by atoms with Gasteiger partial charge in [0.2, 0.25) is 0 Å². The van der Waals surface area contributed by atoms with Gasteiger partial charge in [-0.05, 0) is 72.3 Å². The maximum absolute atomic E-state index is 3.81. The van der Waals surface area contributed by atoms with Crippen molar-refractivity contribution in [2.45, 2.75) is 46.5 Å². The van der Waals surface area contributed by atoms with E-state index in [0.717, 1.165) is 25.7 Å². The number of benzene rings is 4. The second-order valence-electron chi connectivity index (χ2n) is 10.00. The Labute approximate surface area is 248 Å². The van der Waals surface area contributed by atoms with Crippen LogP contribution in [0, 0.1) is 24.8 Å². The van der Waals surface area contributed by atoms with Crippen molar-refractivity contribution in [2.24, 2.45) is 11.8 Å². The molecular weight excluding hydrogens is 558 g/mol. The van der Waals surface area contributed by atoms with E-state index in [9.17, 15) is 0 Å². The summed E-state index contributed by atoms with van der Waals surface area (Å²) in [6, 6.07) is 35.0. The molecule has 4 aromatic carbocycles. The summed E-state index contributed by atoms with van der Waals surface area (Å²) >= 11 is 0. The topological polar surface area (TPSA) is 0 Å². The number of fused-ring (bicyclic) bond motifs is 3. The molecule has 0 aromatic heterocycles. The molecule has 2 unspecified atom stereocenters. The minimum Gasteiger partial charge on any atom is -1.00 e. The molecule has 0 amide bonds. The Morgan fingerprint density at radius 1 is 0.722 bits per heavy atom. The van der Waals surface area contributed by atoms with Crippen molar-refractivity contribution in [2.75, 3.05) is 0 Å². The fourth-order valence-corrected chi connectivity index (χ4v) is 5.24.